The molecule has 0 radical (unpaired) electrons. The Morgan fingerprint density at radius 2 is 1.89 bits per heavy atom. The SMILES string of the molecule is CCN(CC)c1ccc(C=CC2=CC(C(C#N)C#N)CC(C)(C)C2)c(O)c1. The minimum atomic E-state index is -0.616. The Morgan fingerprint density at radius 3 is 2.44 bits per heavy atom. The maximum absolute atomic E-state index is 10.4. The van der Waals surface area contributed by atoms with Crippen LogP contribution in [0.2, 0.25) is 0 Å². The van der Waals surface area contributed by atoms with Crippen LogP contribution in [0.3, 0.4) is 0 Å². The van der Waals surface area contributed by atoms with Crippen molar-refractivity contribution in [2.45, 2.75) is 40.5 Å². The van der Waals surface area contributed by atoms with Crippen molar-refractivity contribution in [3.8, 4) is 17.9 Å². The van der Waals surface area contributed by atoms with Gasteiger partial charge in [-0.05, 0) is 44.2 Å². The van der Waals surface area contributed by atoms with Gasteiger partial charge in [-0.3, -0.25) is 0 Å². The summed E-state index contributed by atoms with van der Waals surface area (Å²) in [5.41, 5.74) is 2.93. The Hall–Kier alpha value is -2.72. The van der Waals surface area contributed by atoms with E-state index in [0.29, 0.717) is 0 Å². The zero-order valence-electron chi connectivity index (χ0n) is 16.7. The summed E-state index contributed by atoms with van der Waals surface area (Å²) in [4.78, 5) is 2.19. The third kappa shape index (κ3) is 5.14. The van der Waals surface area contributed by atoms with Crippen LogP contribution in [-0.2, 0) is 0 Å². The van der Waals surface area contributed by atoms with Crippen LogP contribution in [0.1, 0.15) is 46.1 Å². The largest absolute Gasteiger partial charge is 0.507 e. The Labute approximate surface area is 163 Å². The van der Waals surface area contributed by atoms with Crippen LogP contribution in [0.4, 0.5) is 5.69 Å². The molecule has 1 aliphatic carbocycles. The first-order chi connectivity index (χ1) is 12.8. The maximum atomic E-state index is 10.4. The van der Waals surface area contributed by atoms with E-state index in [2.05, 4.69) is 50.8 Å². The number of hydrogen-bond acceptors (Lipinski definition) is 4. The van der Waals surface area contributed by atoms with Crippen LogP contribution >= 0.6 is 0 Å². The molecule has 0 aliphatic heterocycles. The molecule has 0 spiro atoms. The van der Waals surface area contributed by atoms with Gasteiger partial charge in [0.15, 0.2) is 0 Å². The molecule has 27 heavy (non-hydrogen) atoms. The first kappa shape index (κ1) is 20.6. The molecule has 1 aromatic rings. The Bertz CT molecular complexity index is 790. The van der Waals surface area contributed by atoms with E-state index in [1.807, 2.05) is 24.3 Å². The predicted molar refractivity (Wildman–Crippen MR) is 110 cm³/mol. The molecule has 0 fully saturated rings. The van der Waals surface area contributed by atoms with Crippen molar-refractivity contribution in [1.29, 1.82) is 10.5 Å². The number of anilines is 1. The van der Waals surface area contributed by atoms with Crippen LogP contribution in [0.15, 0.2) is 35.9 Å². The molecule has 1 unspecified atom stereocenters. The summed E-state index contributed by atoms with van der Waals surface area (Å²) in [5.74, 6) is -0.411. The van der Waals surface area contributed by atoms with E-state index in [4.69, 9.17) is 0 Å². The second kappa shape index (κ2) is 8.78. The van der Waals surface area contributed by atoms with E-state index in [-0.39, 0.29) is 17.1 Å². The quantitative estimate of drug-likeness (QED) is 0.746. The van der Waals surface area contributed by atoms with Gasteiger partial charge in [0.1, 0.15) is 11.7 Å². The fraction of sp³-hybridized carbons (Fsp3) is 0.478. The molecule has 1 aromatic carbocycles. The standard InChI is InChI=1S/C23H29N3O/c1-5-26(6-2)21-10-9-18(22(27)12-21)8-7-17-11-19(20(15-24)16-25)14-23(3,4)13-17/h7-12,19-20,27H,5-6,13-14H2,1-4H3. The van der Waals surface area contributed by atoms with Crippen molar-refractivity contribution in [2.24, 2.45) is 17.3 Å². The molecule has 2 rings (SSSR count). The second-order valence-electron chi connectivity index (χ2n) is 7.94. The fourth-order valence-electron chi connectivity index (χ4n) is 3.86. The fourth-order valence-corrected chi connectivity index (χ4v) is 3.86. The minimum Gasteiger partial charge on any atom is -0.507 e. The topological polar surface area (TPSA) is 71.0 Å². The van der Waals surface area contributed by atoms with Gasteiger partial charge in [0.05, 0.1) is 12.1 Å². The van der Waals surface area contributed by atoms with E-state index in [1.54, 1.807) is 6.07 Å². The molecule has 0 saturated heterocycles. The van der Waals surface area contributed by atoms with Gasteiger partial charge in [-0.2, -0.15) is 10.5 Å². The molecular formula is C23H29N3O. The highest BCUT2D eigenvalue weighted by Crippen LogP contribution is 2.41. The molecule has 142 valence electrons. The third-order valence-corrected chi connectivity index (χ3v) is 5.23. The normalized spacial score (nSPS) is 18.8. The number of nitriles is 2. The van der Waals surface area contributed by atoms with Crippen molar-refractivity contribution < 1.29 is 5.11 Å². The van der Waals surface area contributed by atoms with Crippen LogP contribution < -0.4 is 4.90 Å². The highest BCUT2D eigenvalue weighted by atomic mass is 16.3. The molecule has 0 aromatic heterocycles. The van der Waals surface area contributed by atoms with Crippen LogP contribution in [0.5, 0.6) is 5.75 Å². The van der Waals surface area contributed by atoms with Crippen molar-refractivity contribution in [3.05, 3.63) is 41.5 Å². The first-order valence-corrected chi connectivity index (χ1v) is 9.59. The number of benzene rings is 1. The van der Waals surface area contributed by atoms with Gasteiger partial charge in [0.25, 0.3) is 0 Å². The molecule has 4 heteroatoms. The third-order valence-electron chi connectivity index (χ3n) is 5.23. The number of allylic oxidation sites excluding steroid dienone is 3. The lowest BCUT2D eigenvalue weighted by atomic mass is 9.69. The summed E-state index contributed by atoms with van der Waals surface area (Å²) in [6.07, 6.45) is 7.70. The first-order valence-electron chi connectivity index (χ1n) is 9.59. The zero-order valence-corrected chi connectivity index (χ0v) is 16.7. The second-order valence-corrected chi connectivity index (χ2v) is 7.94. The smallest absolute Gasteiger partial charge is 0.139 e. The minimum absolute atomic E-state index is 0.0414. The molecule has 0 heterocycles. The summed E-state index contributed by atoms with van der Waals surface area (Å²) in [5, 5.41) is 28.9. The molecule has 4 nitrogen and oxygen atoms in total. The van der Waals surface area contributed by atoms with Gasteiger partial charge in [-0.25, -0.2) is 0 Å². The molecule has 0 amide bonds. The number of phenols is 1. The van der Waals surface area contributed by atoms with Crippen LogP contribution in [-0.4, -0.2) is 18.2 Å². The molecule has 1 aliphatic rings. The lowest BCUT2D eigenvalue weighted by Crippen LogP contribution is -2.25. The van der Waals surface area contributed by atoms with Crippen molar-refractivity contribution >= 4 is 11.8 Å². The molecular weight excluding hydrogens is 334 g/mol. The average molecular weight is 364 g/mol. The molecule has 0 saturated carbocycles. The van der Waals surface area contributed by atoms with Gasteiger partial charge in [0, 0.05) is 36.3 Å². The Morgan fingerprint density at radius 1 is 1.22 bits per heavy atom. The van der Waals surface area contributed by atoms with E-state index < -0.39 is 5.92 Å². The van der Waals surface area contributed by atoms with Crippen LogP contribution in [0.25, 0.3) is 6.08 Å². The monoisotopic (exact) mass is 363 g/mol. The van der Waals surface area contributed by atoms with Gasteiger partial charge in [0.2, 0.25) is 0 Å². The molecule has 1 N–H and O–H groups in total. The van der Waals surface area contributed by atoms with Gasteiger partial charge in [-0.1, -0.05) is 37.6 Å². The van der Waals surface area contributed by atoms with E-state index >= 15 is 0 Å². The number of nitrogens with zero attached hydrogens (tertiary/aromatic N) is 3. The Kier molecular flexibility index (Phi) is 6.70. The average Bonchev–Trinajstić information content (AvgIpc) is 2.62. The highest BCUT2D eigenvalue weighted by molar-refractivity contribution is 5.64. The molecule has 0 bridgehead atoms. The zero-order chi connectivity index (χ0) is 20.0. The summed E-state index contributed by atoms with van der Waals surface area (Å²) >= 11 is 0. The summed E-state index contributed by atoms with van der Waals surface area (Å²) in [6, 6.07) is 9.99. The van der Waals surface area contributed by atoms with Gasteiger partial charge < -0.3 is 10.0 Å². The number of phenolic OH excluding ortho intramolecular Hbond substituents is 1. The van der Waals surface area contributed by atoms with E-state index in [1.165, 1.54) is 0 Å². The van der Waals surface area contributed by atoms with Crippen molar-refractivity contribution in [1.82, 2.24) is 0 Å². The summed E-state index contributed by atoms with van der Waals surface area (Å²) < 4.78 is 0. The van der Waals surface area contributed by atoms with E-state index in [9.17, 15) is 15.6 Å². The lowest BCUT2D eigenvalue weighted by Gasteiger charge is -2.34. The van der Waals surface area contributed by atoms with Gasteiger partial charge >= 0.3 is 0 Å². The predicted octanol–water partition coefficient (Wildman–Crippen LogP) is 5.28. The van der Waals surface area contributed by atoms with Crippen LogP contribution in [0, 0.1) is 39.9 Å². The highest BCUT2D eigenvalue weighted by Gasteiger charge is 2.32. The van der Waals surface area contributed by atoms with Gasteiger partial charge in [-0.15, -0.1) is 0 Å². The van der Waals surface area contributed by atoms with Crippen molar-refractivity contribution in [2.75, 3.05) is 18.0 Å². The summed E-state index contributed by atoms with van der Waals surface area (Å²) in [6.45, 7) is 10.3. The summed E-state index contributed by atoms with van der Waals surface area (Å²) in [7, 11) is 0. The molecule has 1 atom stereocenters. The van der Waals surface area contributed by atoms with Crippen molar-refractivity contribution in [3.63, 3.8) is 0 Å². The van der Waals surface area contributed by atoms with E-state index in [0.717, 1.165) is 42.8 Å². The number of rotatable bonds is 6. The number of aromatic hydroxyl groups is 1. The Balaban J connectivity index is 2.26. The lowest BCUT2D eigenvalue weighted by molar-refractivity contribution is 0.260. The number of hydrogen-bond donors (Lipinski definition) is 1. The maximum Gasteiger partial charge on any atom is 0.139 e.